The number of carbonyl (C=O) groups excluding carboxylic acids is 2. The highest BCUT2D eigenvalue weighted by Gasteiger charge is 2.36. The van der Waals surface area contributed by atoms with Crippen LogP contribution in [0, 0.1) is 12.8 Å². The zero-order chi connectivity index (χ0) is 20.8. The minimum Gasteiger partial charge on any atom is -0.495 e. The quantitative estimate of drug-likeness (QED) is 0.668. The highest BCUT2D eigenvalue weighted by molar-refractivity contribution is 6.01. The van der Waals surface area contributed by atoms with Gasteiger partial charge in [-0.05, 0) is 51.1 Å². The van der Waals surface area contributed by atoms with E-state index in [4.69, 9.17) is 4.74 Å². The van der Waals surface area contributed by atoms with Gasteiger partial charge in [0.15, 0.2) is 0 Å². The van der Waals surface area contributed by atoms with Crippen molar-refractivity contribution in [2.75, 3.05) is 64.9 Å². The number of nitrogens with one attached hydrogen (secondary N) is 1. The molecule has 2 aliphatic heterocycles. The molecule has 7 heteroatoms. The number of ether oxygens (including phenoxy) is 1. The number of unbranched alkanes of at least 4 members (excludes halogenated alkanes) is 1. The first-order chi connectivity index (χ1) is 14.0. The highest BCUT2D eigenvalue weighted by atomic mass is 16.5. The number of methoxy groups -OCH3 is 1. The number of amides is 2. The van der Waals surface area contributed by atoms with Crippen LogP contribution in [0.25, 0.3) is 0 Å². The fraction of sp³-hybridized carbons (Fsp3) is 0.636. The van der Waals surface area contributed by atoms with E-state index in [1.165, 1.54) is 0 Å². The smallest absolute Gasteiger partial charge is 0.227 e. The number of hydrogen-bond donors (Lipinski definition) is 1. The molecule has 0 saturated carbocycles. The number of nitrogens with zero attached hydrogens (tertiary/aromatic N) is 3. The number of likely N-dealkylation sites (N-methyl/N-ethyl adjacent to an activating group) is 1. The first-order valence-corrected chi connectivity index (χ1v) is 10.6. The van der Waals surface area contributed by atoms with Crippen molar-refractivity contribution in [3.63, 3.8) is 0 Å². The molecule has 160 valence electrons. The van der Waals surface area contributed by atoms with Gasteiger partial charge in [0.05, 0.1) is 18.7 Å². The van der Waals surface area contributed by atoms with Crippen LogP contribution in [0.15, 0.2) is 18.2 Å². The van der Waals surface area contributed by atoms with Crippen molar-refractivity contribution in [2.24, 2.45) is 5.92 Å². The molecule has 0 aromatic heterocycles. The molecule has 2 fully saturated rings. The SMILES string of the molecule is COc1ccc(C)cc1N1CC(C(=O)NCCCCN2CCN(C)CC2)CC1=O. The molecule has 1 N–H and O–H groups in total. The molecule has 3 rings (SSSR count). The number of piperazine rings is 1. The zero-order valence-electron chi connectivity index (χ0n) is 17.9. The maximum Gasteiger partial charge on any atom is 0.227 e. The van der Waals surface area contributed by atoms with Crippen molar-refractivity contribution in [3.05, 3.63) is 23.8 Å². The predicted octanol–water partition coefficient (Wildman–Crippen LogP) is 1.50. The van der Waals surface area contributed by atoms with Gasteiger partial charge in [0, 0.05) is 45.7 Å². The summed E-state index contributed by atoms with van der Waals surface area (Å²) in [7, 11) is 3.76. The molecule has 0 aliphatic carbocycles. The Hall–Kier alpha value is -2.12. The number of aryl methyl sites for hydroxylation is 1. The minimum absolute atomic E-state index is 0.0212. The summed E-state index contributed by atoms with van der Waals surface area (Å²) in [5, 5.41) is 3.03. The number of hydrogen-bond acceptors (Lipinski definition) is 5. The van der Waals surface area contributed by atoms with Gasteiger partial charge in [-0.1, -0.05) is 6.07 Å². The lowest BCUT2D eigenvalue weighted by Gasteiger charge is -2.32. The second-order valence-electron chi connectivity index (χ2n) is 8.22. The van der Waals surface area contributed by atoms with E-state index in [9.17, 15) is 9.59 Å². The highest BCUT2D eigenvalue weighted by Crippen LogP contribution is 2.33. The molecule has 1 atom stereocenters. The van der Waals surface area contributed by atoms with Crippen LogP contribution in [0.3, 0.4) is 0 Å². The van der Waals surface area contributed by atoms with E-state index >= 15 is 0 Å². The molecule has 0 radical (unpaired) electrons. The fourth-order valence-electron chi connectivity index (χ4n) is 4.01. The van der Waals surface area contributed by atoms with Gasteiger partial charge in [-0.3, -0.25) is 9.59 Å². The van der Waals surface area contributed by atoms with Gasteiger partial charge in [0.25, 0.3) is 0 Å². The van der Waals surface area contributed by atoms with Crippen molar-refractivity contribution >= 4 is 17.5 Å². The van der Waals surface area contributed by atoms with Gasteiger partial charge in [-0.2, -0.15) is 0 Å². The Morgan fingerprint density at radius 2 is 1.97 bits per heavy atom. The van der Waals surface area contributed by atoms with Crippen molar-refractivity contribution in [3.8, 4) is 5.75 Å². The van der Waals surface area contributed by atoms with Gasteiger partial charge in [-0.15, -0.1) is 0 Å². The molecule has 29 heavy (non-hydrogen) atoms. The Bertz CT molecular complexity index is 716. The summed E-state index contributed by atoms with van der Waals surface area (Å²) < 4.78 is 5.40. The van der Waals surface area contributed by atoms with E-state index in [2.05, 4.69) is 22.2 Å². The molecular weight excluding hydrogens is 368 g/mol. The second kappa shape index (κ2) is 10.1. The summed E-state index contributed by atoms with van der Waals surface area (Å²) in [6, 6.07) is 5.76. The van der Waals surface area contributed by atoms with Crippen LogP contribution in [-0.2, 0) is 9.59 Å². The lowest BCUT2D eigenvalue weighted by Crippen LogP contribution is -2.44. The molecule has 2 aliphatic rings. The minimum atomic E-state index is -0.301. The van der Waals surface area contributed by atoms with Gasteiger partial charge in [0.2, 0.25) is 11.8 Å². The average molecular weight is 403 g/mol. The molecule has 7 nitrogen and oxygen atoms in total. The van der Waals surface area contributed by atoms with Crippen LogP contribution in [0.5, 0.6) is 5.75 Å². The largest absolute Gasteiger partial charge is 0.495 e. The topological polar surface area (TPSA) is 65.1 Å². The van der Waals surface area contributed by atoms with Gasteiger partial charge in [0.1, 0.15) is 5.75 Å². The molecule has 0 spiro atoms. The van der Waals surface area contributed by atoms with Gasteiger partial charge < -0.3 is 24.8 Å². The summed E-state index contributed by atoms with van der Waals surface area (Å²) >= 11 is 0. The Labute approximate surface area is 174 Å². The van der Waals surface area contributed by atoms with Crippen molar-refractivity contribution < 1.29 is 14.3 Å². The van der Waals surface area contributed by atoms with Gasteiger partial charge >= 0.3 is 0 Å². The summed E-state index contributed by atoms with van der Waals surface area (Å²) in [6.45, 7) is 8.68. The molecule has 2 heterocycles. The summed E-state index contributed by atoms with van der Waals surface area (Å²) in [5.74, 6) is 0.315. The molecular formula is C22H34N4O3. The molecule has 0 bridgehead atoms. The first-order valence-electron chi connectivity index (χ1n) is 10.6. The predicted molar refractivity (Wildman–Crippen MR) is 114 cm³/mol. The Morgan fingerprint density at radius 1 is 1.21 bits per heavy atom. The van der Waals surface area contributed by atoms with Gasteiger partial charge in [-0.25, -0.2) is 0 Å². The number of carbonyl (C=O) groups is 2. The lowest BCUT2D eigenvalue weighted by atomic mass is 10.1. The van der Waals surface area contributed by atoms with E-state index in [1.807, 2.05) is 25.1 Å². The third-order valence-corrected chi connectivity index (χ3v) is 5.92. The maximum atomic E-state index is 12.6. The molecule has 2 amide bonds. The maximum absolute atomic E-state index is 12.6. The number of benzene rings is 1. The van der Waals surface area contributed by atoms with E-state index in [0.717, 1.165) is 56.8 Å². The normalized spacial score (nSPS) is 20.9. The molecule has 1 aromatic rings. The van der Waals surface area contributed by atoms with Crippen LogP contribution >= 0.6 is 0 Å². The zero-order valence-corrected chi connectivity index (χ0v) is 17.9. The Balaban J connectivity index is 1.42. The van der Waals surface area contributed by atoms with E-state index in [0.29, 0.717) is 18.8 Å². The summed E-state index contributed by atoms with van der Waals surface area (Å²) in [6.07, 6.45) is 2.30. The molecule has 1 aromatic carbocycles. The van der Waals surface area contributed by atoms with Crippen molar-refractivity contribution in [1.82, 2.24) is 15.1 Å². The fourth-order valence-corrected chi connectivity index (χ4v) is 4.01. The standard InChI is InChI=1S/C22H34N4O3/c1-17-6-7-20(29-3)19(14-17)26-16-18(15-21(26)27)22(28)23-8-4-5-9-25-12-10-24(2)11-13-25/h6-7,14,18H,4-5,8-13,15-16H2,1-3H3,(H,23,28). The van der Waals surface area contributed by atoms with Crippen LogP contribution in [0.4, 0.5) is 5.69 Å². The summed E-state index contributed by atoms with van der Waals surface area (Å²) in [4.78, 5) is 31.6. The van der Waals surface area contributed by atoms with Crippen LogP contribution in [0.2, 0.25) is 0 Å². The van der Waals surface area contributed by atoms with E-state index in [-0.39, 0.29) is 24.2 Å². The second-order valence-corrected chi connectivity index (χ2v) is 8.22. The number of anilines is 1. The van der Waals surface area contributed by atoms with E-state index < -0.39 is 0 Å². The van der Waals surface area contributed by atoms with Crippen molar-refractivity contribution in [2.45, 2.75) is 26.2 Å². The van der Waals surface area contributed by atoms with Crippen LogP contribution in [0.1, 0.15) is 24.8 Å². The number of rotatable bonds is 8. The lowest BCUT2D eigenvalue weighted by molar-refractivity contribution is -0.126. The van der Waals surface area contributed by atoms with Crippen molar-refractivity contribution in [1.29, 1.82) is 0 Å². The van der Waals surface area contributed by atoms with E-state index in [1.54, 1.807) is 12.0 Å². The first kappa shape index (κ1) is 21.6. The van der Waals surface area contributed by atoms with Crippen LogP contribution in [-0.4, -0.2) is 81.6 Å². The Morgan fingerprint density at radius 3 is 2.69 bits per heavy atom. The van der Waals surface area contributed by atoms with Crippen LogP contribution < -0.4 is 15.0 Å². The Kier molecular flexibility index (Phi) is 7.50. The monoisotopic (exact) mass is 402 g/mol. The summed E-state index contributed by atoms with van der Waals surface area (Å²) in [5.41, 5.74) is 1.81. The molecule has 1 unspecified atom stereocenters. The third-order valence-electron chi connectivity index (χ3n) is 5.92. The third kappa shape index (κ3) is 5.70. The average Bonchev–Trinajstić information content (AvgIpc) is 3.10. The molecule has 2 saturated heterocycles.